The fraction of sp³-hybridized carbons (Fsp3) is 0.643. The van der Waals surface area contributed by atoms with E-state index in [1.165, 1.54) is 24.9 Å². The average Bonchev–Trinajstić information content (AvgIpc) is 2.50. The Morgan fingerprint density at radius 2 is 1.87 bits per heavy atom. The third-order valence-electron chi connectivity index (χ3n) is 4.35. The van der Waals surface area contributed by atoms with Crippen molar-refractivity contribution in [2.24, 2.45) is 14.1 Å². The van der Waals surface area contributed by atoms with Crippen LogP contribution in [0.2, 0.25) is 0 Å². The lowest BCUT2D eigenvalue weighted by molar-refractivity contribution is 0.450. The summed E-state index contributed by atoms with van der Waals surface area (Å²) in [5.41, 5.74) is -1.34. The van der Waals surface area contributed by atoms with Crippen LogP contribution in [0.4, 0.5) is 5.82 Å². The van der Waals surface area contributed by atoms with Gasteiger partial charge in [0.1, 0.15) is 21.7 Å². The van der Waals surface area contributed by atoms with Gasteiger partial charge in [0.05, 0.1) is 5.25 Å². The van der Waals surface area contributed by atoms with Gasteiger partial charge in [-0.25, -0.2) is 13.2 Å². The molecule has 1 aliphatic rings. The first-order valence-electron chi connectivity index (χ1n) is 7.32. The zero-order valence-electron chi connectivity index (χ0n) is 13.4. The summed E-state index contributed by atoms with van der Waals surface area (Å²) in [4.78, 5) is 24.1. The smallest absolute Gasteiger partial charge is 0.332 e. The normalized spacial score (nSPS) is 21.7. The Bertz CT molecular complexity index is 876. The van der Waals surface area contributed by atoms with Gasteiger partial charge in [-0.05, 0) is 19.3 Å². The first kappa shape index (κ1) is 17.3. The first-order valence-corrected chi connectivity index (χ1v) is 9.27. The van der Waals surface area contributed by atoms with E-state index in [1.807, 2.05) is 6.07 Å². The molecule has 2 rings (SSSR count). The Morgan fingerprint density at radius 3 is 2.43 bits per heavy atom. The summed E-state index contributed by atoms with van der Waals surface area (Å²) >= 11 is 0. The maximum atomic E-state index is 12.1. The highest BCUT2D eigenvalue weighted by Gasteiger charge is 2.30. The molecule has 1 heterocycles. The summed E-state index contributed by atoms with van der Waals surface area (Å²) in [6.45, 7) is 0. The van der Waals surface area contributed by atoms with Crippen LogP contribution in [-0.4, -0.2) is 35.1 Å². The van der Waals surface area contributed by atoms with Crippen LogP contribution in [0.1, 0.15) is 31.2 Å². The molecular weight excluding hydrogens is 320 g/mol. The van der Waals surface area contributed by atoms with Crippen molar-refractivity contribution in [1.82, 2.24) is 9.13 Å². The lowest BCUT2D eigenvalue weighted by Crippen LogP contribution is -2.42. The van der Waals surface area contributed by atoms with Crippen molar-refractivity contribution < 1.29 is 8.42 Å². The van der Waals surface area contributed by atoms with Crippen molar-refractivity contribution in [3.8, 4) is 6.07 Å². The second kappa shape index (κ2) is 6.20. The van der Waals surface area contributed by atoms with Crippen molar-refractivity contribution in [2.45, 2.75) is 37.0 Å². The van der Waals surface area contributed by atoms with E-state index >= 15 is 0 Å². The predicted octanol–water partition coefficient (Wildman–Crippen LogP) is -0.277. The maximum absolute atomic E-state index is 12.1. The van der Waals surface area contributed by atoms with Gasteiger partial charge in [0, 0.05) is 26.4 Å². The second-order valence-electron chi connectivity index (χ2n) is 6.00. The SMILES string of the molecule is Cn1c(NC2CCCC(S(C)(=O)=O)C2)c(C#N)c(=O)n(C)c1=O. The molecule has 0 bridgehead atoms. The Labute approximate surface area is 134 Å². The highest BCUT2D eigenvalue weighted by Crippen LogP contribution is 2.26. The van der Waals surface area contributed by atoms with Crippen LogP contribution in [0.5, 0.6) is 0 Å². The molecule has 1 aromatic heterocycles. The van der Waals surface area contributed by atoms with Gasteiger partial charge in [0.25, 0.3) is 5.56 Å². The van der Waals surface area contributed by atoms with E-state index in [4.69, 9.17) is 0 Å². The van der Waals surface area contributed by atoms with Gasteiger partial charge in [-0.15, -0.1) is 0 Å². The van der Waals surface area contributed by atoms with Gasteiger partial charge in [0.15, 0.2) is 5.56 Å². The molecule has 1 fully saturated rings. The number of sulfone groups is 1. The molecule has 9 heteroatoms. The fourth-order valence-electron chi connectivity index (χ4n) is 2.97. The number of rotatable bonds is 3. The van der Waals surface area contributed by atoms with Crippen LogP contribution < -0.4 is 16.6 Å². The fourth-order valence-corrected chi connectivity index (χ4v) is 4.15. The van der Waals surface area contributed by atoms with Crippen LogP contribution in [0.15, 0.2) is 9.59 Å². The van der Waals surface area contributed by atoms with E-state index < -0.39 is 26.3 Å². The third kappa shape index (κ3) is 3.32. The molecule has 23 heavy (non-hydrogen) atoms. The number of nitrogens with zero attached hydrogens (tertiary/aromatic N) is 3. The predicted molar refractivity (Wildman–Crippen MR) is 86.1 cm³/mol. The number of anilines is 1. The third-order valence-corrected chi connectivity index (χ3v) is 5.99. The zero-order valence-corrected chi connectivity index (χ0v) is 14.2. The lowest BCUT2D eigenvalue weighted by Gasteiger charge is -2.30. The topological polar surface area (TPSA) is 114 Å². The molecule has 1 aromatic rings. The van der Waals surface area contributed by atoms with Gasteiger partial charge >= 0.3 is 5.69 Å². The molecule has 8 nitrogen and oxygen atoms in total. The molecule has 0 aromatic carbocycles. The van der Waals surface area contributed by atoms with Crippen LogP contribution in [0.3, 0.4) is 0 Å². The first-order chi connectivity index (χ1) is 10.7. The Balaban J connectivity index is 2.40. The highest BCUT2D eigenvalue weighted by atomic mass is 32.2. The number of nitriles is 1. The molecule has 2 atom stereocenters. The molecule has 1 N–H and O–H groups in total. The zero-order chi connectivity index (χ0) is 17.4. The number of nitrogens with one attached hydrogen (secondary N) is 1. The average molecular weight is 340 g/mol. The van der Waals surface area contributed by atoms with E-state index in [1.54, 1.807) is 0 Å². The van der Waals surface area contributed by atoms with Crippen LogP contribution in [0, 0.1) is 11.3 Å². The molecule has 0 aliphatic heterocycles. The number of aromatic nitrogens is 2. The summed E-state index contributed by atoms with van der Waals surface area (Å²) in [5.74, 6) is 0.153. The minimum atomic E-state index is -3.14. The van der Waals surface area contributed by atoms with Crippen molar-refractivity contribution in [3.05, 3.63) is 26.4 Å². The molecule has 0 radical (unpaired) electrons. The summed E-state index contributed by atoms with van der Waals surface area (Å²) in [6.07, 6.45) is 3.68. The van der Waals surface area contributed by atoms with Crippen LogP contribution >= 0.6 is 0 Å². The number of hydrogen-bond donors (Lipinski definition) is 1. The summed E-state index contributed by atoms with van der Waals surface area (Å²) in [5, 5.41) is 11.8. The van der Waals surface area contributed by atoms with Crippen LogP contribution in [-0.2, 0) is 23.9 Å². The minimum Gasteiger partial charge on any atom is -0.367 e. The Morgan fingerprint density at radius 1 is 1.22 bits per heavy atom. The standard InChI is InChI=1S/C14H20N4O4S/c1-17-12(11(8-15)13(19)18(2)14(17)20)16-9-5-4-6-10(7-9)23(3,21)22/h9-10,16H,4-7H2,1-3H3. The van der Waals surface area contributed by atoms with E-state index in [9.17, 15) is 23.3 Å². The van der Waals surface area contributed by atoms with Crippen molar-refractivity contribution in [1.29, 1.82) is 5.26 Å². The van der Waals surface area contributed by atoms with E-state index in [-0.39, 0.29) is 17.4 Å². The van der Waals surface area contributed by atoms with Gasteiger partial charge in [0.2, 0.25) is 0 Å². The Hall–Kier alpha value is -2.08. The molecular formula is C14H20N4O4S. The molecule has 1 aliphatic carbocycles. The van der Waals surface area contributed by atoms with Gasteiger partial charge in [-0.2, -0.15) is 5.26 Å². The molecule has 0 saturated heterocycles. The molecule has 1 saturated carbocycles. The van der Waals surface area contributed by atoms with E-state index in [0.717, 1.165) is 17.4 Å². The lowest BCUT2D eigenvalue weighted by atomic mass is 9.95. The van der Waals surface area contributed by atoms with Crippen LogP contribution in [0.25, 0.3) is 0 Å². The second-order valence-corrected chi connectivity index (χ2v) is 8.33. The van der Waals surface area contributed by atoms with Crippen molar-refractivity contribution in [3.63, 3.8) is 0 Å². The van der Waals surface area contributed by atoms with E-state index in [0.29, 0.717) is 12.8 Å². The van der Waals surface area contributed by atoms with Gasteiger partial charge < -0.3 is 5.32 Å². The monoisotopic (exact) mass is 340 g/mol. The summed E-state index contributed by atoms with van der Waals surface area (Å²) < 4.78 is 25.6. The minimum absolute atomic E-state index is 0.143. The van der Waals surface area contributed by atoms with Gasteiger partial charge in [-0.1, -0.05) is 6.42 Å². The molecule has 126 valence electrons. The largest absolute Gasteiger partial charge is 0.367 e. The Kier molecular flexibility index (Phi) is 4.66. The van der Waals surface area contributed by atoms with Crippen molar-refractivity contribution >= 4 is 15.7 Å². The maximum Gasteiger partial charge on any atom is 0.332 e. The van der Waals surface area contributed by atoms with Gasteiger partial charge in [-0.3, -0.25) is 13.9 Å². The summed E-state index contributed by atoms with van der Waals surface area (Å²) in [7, 11) is -0.350. The number of hydrogen-bond acceptors (Lipinski definition) is 6. The molecule has 0 amide bonds. The quantitative estimate of drug-likeness (QED) is 0.810. The van der Waals surface area contributed by atoms with Crippen molar-refractivity contribution in [2.75, 3.05) is 11.6 Å². The summed E-state index contributed by atoms with van der Waals surface area (Å²) in [6, 6.07) is 1.63. The highest BCUT2D eigenvalue weighted by molar-refractivity contribution is 7.91. The molecule has 2 unspecified atom stereocenters. The molecule has 0 spiro atoms. The van der Waals surface area contributed by atoms with E-state index in [2.05, 4.69) is 5.32 Å².